The lowest BCUT2D eigenvalue weighted by Gasteiger charge is -2.21. The lowest BCUT2D eigenvalue weighted by molar-refractivity contribution is -0.143. The van der Waals surface area contributed by atoms with Crippen LogP contribution in [0.2, 0.25) is 0 Å². The second-order valence-corrected chi connectivity index (χ2v) is 6.32. The number of aliphatic carboxylic acids is 1. The zero-order chi connectivity index (χ0) is 16.7. The fourth-order valence-corrected chi connectivity index (χ4v) is 2.94. The molecule has 22 heavy (non-hydrogen) atoms. The van der Waals surface area contributed by atoms with Crippen LogP contribution in [0.1, 0.15) is 52.9 Å². The van der Waals surface area contributed by atoms with E-state index in [1.165, 1.54) is 0 Å². The van der Waals surface area contributed by atoms with Gasteiger partial charge in [-0.3, -0.25) is 9.59 Å². The molecule has 0 aliphatic heterocycles. The summed E-state index contributed by atoms with van der Waals surface area (Å²) < 4.78 is 0. The number of rotatable bonds is 8. The summed E-state index contributed by atoms with van der Waals surface area (Å²) >= 11 is 0. The van der Waals surface area contributed by atoms with Crippen molar-refractivity contribution in [3.63, 3.8) is 0 Å². The molecular weight excluding hydrogens is 282 g/mol. The van der Waals surface area contributed by atoms with Crippen LogP contribution >= 0.6 is 0 Å². The zero-order valence-electron chi connectivity index (χ0n) is 13.7. The van der Waals surface area contributed by atoms with Crippen LogP contribution in [0.4, 0.5) is 0 Å². The number of carbonyl (C=O) groups excluding carboxylic acids is 2. The predicted octanol–water partition coefficient (Wildman–Crippen LogP) is 2.55. The minimum absolute atomic E-state index is 0.0237. The van der Waals surface area contributed by atoms with Gasteiger partial charge in [-0.1, -0.05) is 32.9 Å². The molecule has 0 aromatic rings. The van der Waals surface area contributed by atoms with Gasteiger partial charge in [-0.2, -0.15) is 0 Å². The Kier molecular flexibility index (Phi) is 7.28. The Morgan fingerprint density at radius 2 is 2.05 bits per heavy atom. The zero-order valence-corrected chi connectivity index (χ0v) is 13.7. The van der Waals surface area contributed by atoms with Crippen LogP contribution in [-0.2, 0) is 14.4 Å². The third kappa shape index (κ3) is 5.28. The molecule has 1 aliphatic carbocycles. The van der Waals surface area contributed by atoms with E-state index in [-0.39, 0.29) is 35.9 Å². The second-order valence-electron chi connectivity index (χ2n) is 6.32. The Balaban J connectivity index is 2.60. The van der Waals surface area contributed by atoms with Gasteiger partial charge in [-0.25, -0.2) is 4.79 Å². The SMILES string of the molecule is CC/C=C\C[C@@H]1C(=O)CC[C@@H]1CC(=O)N[C@H](C(=O)O)C(C)C. The van der Waals surface area contributed by atoms with E-state index in [0.717, 1.165) is 12.8 Å². The number of Topliss-reactive ketones (excluding diaryl/α,β-unsaturated/α-hetero) is 1. The van der Waals surface area contributed by atoms with Crippen LogP contribution in [0.25, 0.3) is 0 Å². The van der Waals surface area contributed by atoms with Crippen molar-refractivity contribution in [2.75, 3.05) is 0 Å². The van der Waals surface area contributed by atoms with E-state index in [0.29, 0.717) is 12.8 Å². The maximum Gasteiger partial charge on any atom is 0.326 e. The lowest BCUT2D eigenvalue weighted by atomic mass is 9.89. The van der Waals surface area contributed by atoms with Crippen LogP contribution in [0.5, 0.6) is 0 Å². The van der Waals surface area contributed by atoms with E-state index < -0.39 is 12.0 Å². The third-order valence-corrected chi connectivity index (χ3v) is 4.23. The Morgan fingerprint density at radius 3 is 2.59 bits per heavy atom. The molecule has 5 heteroatoms. The van der Waals surface area contributed by atoms with Gasteiger partial charge in [0, 0.05) is 18.8 Å². The molecule has 3 atom stereocenters. The molecule has 1 aliphatic rings. The van der Waals surface area contributed by atoms with Crippen LogP contribution in [0, 0.1) is 17.8 Å². The first-order valence-corrected chi connectivity index (χ1v) is 8.06. The summed E-state index contributed by atoms with van der Waals surface area (Å²) in [5.74, 6) is -1.32. The van der Waals surface area contributed by atoms with Gasteiger partial charge in [0.1, 0.15) is 11.8 Å². The fraction of sp³-hybridized carbons (Fsp3) is 0.706. The van der Waals surface area contributed by atoms with Crippen molar-refractivity contribution in [3.05, 3.63) is 12.2 Å². The molecule has 0 spiro atoms. The molecule has 1 rings (SSSR count). The highest BCUT2D eigenvalue weighted by atomic mass is 16.4. The van der Waals surface area contributed by atoms with Crippen LogP contribution in [0.3, 0.4) is 0 Å². The van der Waals surface area contributed by atoms with E-state index in [4.69, 9.17) is 5.11 Å². The van der Waals surface area contributed by atoms with E-state index in [1.807, 2.05) is 19.1 Å². The van der Waals surface area contributed by atoms with Crippen LogP contribution < -0.4 is 5.32 Å². The Labute approximate surface area is 132 Å². The molecule has 124 valence electrons. The highest BCUT2D eigenvalue weighted by Gasteiger charge is 2.35. The van der Waals surface area contributed by atoms with Gasteiger partial charge in [-0.15, -0.1) is 0 Å². The van der Waals surface area contributed by atoms with Crippen molar-refractivity contribution in [3.8, 4) is 0 Å². The molecule has 0 heterocycles. The molecule has 0 saturated heterocycles. The van der Waals surface area contributed by atoms with Crippen molar-refractivity contribution >= 4 is 17.7 Å². The van der Waals surface area contributed by atoms with Crippen molar-refractivity contribution in [2.45, 2.75) is 58.9 Å². The lowest BCUT2D eigenvalue weighted by Crippen LogP contribution is -2.45. The molecule has 0 aromatic heterocycles. The Morgan fingerprint density at radius 1 is 1.36 bits per heavy atom. The van der Waals surface area contributed by atoms with Crippen molar-refractivity contribution < 1.29 is 19.5 Å². The number of amides is 1. The van der Waals surface area contributed by atoms with Crippen LogP contribution in [0.15, 0.2) is 12.2 Å². The first kappa shape index (κ1) is 18.4. The number of carboxylic acid groups (broad SMARTS) is 1. The van der Waals surface area contributed by atoms with Gasteiger partial charge in [0.25, 0.3) is 0 Å². The standard InChI is InChI=1S/C17H27NO4/c1-4-5-6-7-13-12(8-9-14(13)19)10-15(20)18-16(11(2)3)17(21)22/h5-6,11-13,16H,4,7-10H2,1-3H3,(H,18,20)(H,21,22)/b6-5-/t12-,13+,16+/m1/s1. The summed E-state index contributed by atoms with van der Waals surface area (Å²) in [5.41, 5.74) is 0. The van der Waals surface area contributed by atoms with E-state index in [2.05, 4.69) is 5.32 Å². The molecule has 1 fully saturated rings. The summed E-state index contributed by atoms with van der Waals surface area (Å²) in [5, 5.41) is 11.7. The third-order valence-electron chi connectivity index (χ3n) is 4.23. The molecular formula is C17H27NO4. The normalized spacial score (nSPS) is 23.2. The number of hydrogen-bond acceptors (Lipinski definition) is 3. The predicted molar refractivity (Wildman–Crippen MR) is 84.3 cm³/mol. The molecule has 1 amide bonds. The highest BCUT2D eigenvalue weighted by molar-refractivity contribution is 5.87. The van der Waals surface area contributed by atoms with Crippen LogP contribution in [-0.4, -0.2) is 28.8 Å². The quantitative estimate of drug-likeness (QED) is 0.675. The molecule has 0 unspecified atom stereocenters. The largest absolute Gasteiger partial charge is 0.480 e. The minimum atomic E-state index is -1.02. The van der Waals surface area contributed by atoms with Gasteiger partial charge in [0.15, 0.2) is 0 Å². The van der Waals surface area contributed by atoms with E-state index in [9.17, 15) is 14.4 Å². The maximum absolute atomic E-state index is 12.1. The summed E-state index contributed by atoms with van der Waals surface area (Å²) in [7, 11) is 0. The Bertz CT molecular complexity index is 442. The van der Waals surface area contributed by atoms with Crippen molar-refractivity contribution in [1.82, 2.24) is 5.32 Å². The van der Waals surface area contributed by atoms with Crippen molar-refractivity contribution in [2.24, 2.45) is 17.8 Å². The minimum Gasteiger partial charge on any atom is -0.480 e. The van der Waals surface area contributed by atoms with Gasteiger partial charge in [0.05, 0.1) is 0 Å². The summed E-state index contributed by atoms with van der Waals surface area (Å²) in [6, 6.07) is -0.872. The number of ketones is 1. The van der Waals surface area contributed by atoms with Gasteiger partial charge < -0.3 is 10.4 Å². The maximum atomic E-state index is 12.1. The van der Waals surface area contributed by atoms with E-state index >= 15 is 0 Å². The summed E-state index contributed by atoms with van der Waals surface area (Å²) in [6.45, 7) is 5.56. The number of carboxylic acids is 1. The van der Waals surface area contributed by atoms with Gasteiger partial charge in [-0.05, 0) is 31.1 Å². The van der Waals surface area contributed by atoms with Gasteiger partial charge in [0.2, 0.25) is 5.91 Å². The molecule has 0 bridgehead atoms. The number of allylic oxidation sites excluding steroid dienone is 2. The average Bonchev–Trinajstić information content (AvgIpc) is 2.77. The number of nitrogens with one attached hydrogen (secondary N) is 1. The molecule has 0 radical (unpaired) electrons. The molecule has 1 saturated carbocycles. The summed E-state index contributed by atoms with van der Waals surface area (Å²) in [4.78, 5) is 35.2. The second kappa shape index (κ2) is 8.71. The van der Waals surface area contributed by atoms with Crippen molar-refractivity contribution in [1.29, 1.82) is 0 Å². The molecule has 5 nitrogen and oxygen atoms in total. The first-order valence-electron chi connectivity index (χ1n) is 8.06. The van der Waals surface area contributed by atoms with Gasteiger partial charge >= 0.3 is 5.97 Å². The molecule has 0 aromatic carbocycles. The highest BCUT2D eigenvalue weighted by Crippen LogP contribution is 2.34. The smallest absolute Gasteiger partial charge is 0.326 e. The van der Waals surface area contributed by atoms with E-state index in [1.54, 1.807) is 13.8 Å². The number of hydrogen-bond donors (Lipinski definition) is 2. The Hall–Kier alpha value is -1.65. The number of carbonyl (C=O) groups is 3. The molecule has 2 N–H and O–H groups in total. The average molecular weight is 309 g/mol. The first-order chi connectivity index (χ1) is 10.4. The summed E-state index contributed by atoms with van der Waals surface area (Å²) in [6.07, 6.45) is 7.12. The monoisotopic (exact) mass is 309 g/mol. The fourth-order valence-electron chi connectivity index (χ4n) is 2.94. The topological polar surface area (TPSA) is 83.5 Å².